The van der Waals surface area contributed by atoms with Crippen molar-refractivity contribution in [3.05, 3.63) is 23.0 Å². The molecule has 3 N–H and O–H groups in total. The summed E-state index contributed by atoms with van der Waals surface area (Å²) in [5, 5.41) is 13.0. The van der Waals surface area contributed by atoms with Crippen LogP contribution in [0.5, 0.6) is 0 Å². The van der Waals surface area contributed by atoms with Gasteiger partial charge in [-0.25, -0.2) is 4.98 Å². The molecule has 0 spiro atoms. The van der Waals surface area contributed by atoms with E-state index in [0.29, 0.717) is 24.1 Å². The third-order valence-corrected chi connectivity index (χ3v) is 3.64. The van der Waals surface area contributed by atoms with Gasteiger partial charge in [0.2, 0.25) is 0 Å². The second-order valence-electron chi connectivity index (χ2n) is 4.46. The van der Waals surface area contributed by atoms with Crippen LogP contribution in [0.2, 0.25) is 0 Å². The van der Waals surface area contributed by atoms with Gasteiger partial charge >= 0.3 is 0 Å². The van der Waals surface area contributed by atoms with Crippen LogP contribution in [0.3, 0.4) is 0 Å². The smallest absolute Gasteiger partial charge is 0.279 e. The molecule has 0 bridgehead atoms. The number of carbonyl (C=O) groups excluding carboxylic acids is 1. The lowest BCUT2D eigenvalue weighted by Crippen LogP contribution is -2.12. The Bertz CT molecular complexity index is 588. The fraction of sp³-hybridized carbons (Fsp3) is 0.455. The molecule has 1 amide bonds. The summed E-state index contributed by atoms with van der Waals surface area (Å²) in [6.45, 7) is 1.00. The van der Waals surface area contributed by atoms with E-state index in [0.717, 1.165) is 5.69 Å². The van der Waals surface area contributed by atoms with Gasteiger partial charge in [0.25, 0.3) is 5.91 Å². The zero-order valence-corrected chi connectivity index (χ0v) is 11.1. The molecule has 2 aromatic heterocycles. The largest absolute Gasteiger partial charge is 0.329 e. The predicted molar refractivity (Wildman–Crippen MR) is 71.1 cm³/mol. The molecular weight excluding hydrogens is 264 g/mol. The number of aromatic nitrogens is 4. The van der Waals surface area contributed by atoms with Crippen molar-refractivity contribution in [2.75, 3.05) is 11.9 Å². The summed E-state index contributed by atoms with van der Waals surface area (Å²) >= 11 is 1.44. The van der Waals surface area contributed by atoms with Gasteiger partial charge in [0, 0.05) is 17.8 Å². The van der Waals surface area contributed by atoms with E-state index in [1.807, 2.05) is 5.38 Å². The molecule has 19 heavy (non-hydrogen) atoms. The number of nitrogens with zero attached hydrogens (tertiary/aromatic N) is 4. The molecule has 1 aliphatic carbocycles. The highest BCUT2D eigenvalue weighted by Crippen LogP contribution is 2.40. The average Bonchev–Trinajstić information content (AvgIpc) is 2.96. The van der Waals surface area contributed by atoms with Gasteiger partial charge in [0.1, 0.15) is 0 Å². The van der Waals surface area contributed by atoms with Crippen molar-refractivity contribution in [2.24, 2.45) is 5.73 Å². The van der Waals surface area contributed by atoms with E-state index < -0.39 is 0 Å². The average molecular weight is 278 g/mol. The van der Waals surface area contributed by atoms with Gasteiger partial charge in [-0.1, -0.05) is 5.21 Å². The summed E-state index contributed by atoms with van der Waals surface area (Å²) in [6.07, 6.45) is 3.98. The Kier molecular flexibility index (Phi) is 3.26. The van der Waals surface area contributed by atoms with Gasteiger partial charge in [0.15, 0.2) is 10.8 Å². The first kappa shape index (κ1) is 12.2. The molecule has 1 saturated carbocycles. The highest BCUT2D eigenvalue weighted by atomic mass is 32.1. The Morgan fingerprint density at radius 2 is 2.42 bits per heavy atom. The molecule has 0 aliphatic heterocycles. The number of amides is 1. The van der Waals surface area contributed by atoms with Crippen LogP contribution >= 0.6 is 11.3 Å². The molecule has 0 unspecified atom stereocenters. The van der Waals surface area contributed by atoms with Crippen molar-refractivity contribution in [1.82, 2.24) is 20.0 Å². The Balaban J connectivity index is 1.65. The number of nitrogens with two attached hydrogens (primary N) is 1. The molecule has 0 aromatic carbocycles. The zero-order valence-electron chi connectivity index (χ0n) is 10.2. The lowest BCUT2D eigenvalue weighted by atomic mass is 10.3. The molecule has 0 saturated heterocycles. The van der Waals surface area contributed by atoms with Crippen LogP contribution in [-0.4, -0.2) is 32.4 Å². The minimum atomic E-state index is -0.292. The number of rotatable bonds is 5. The minimum Gasteiger partial charge on any atom is -0.329 e. The van der Waals surface area contributed by atoms with Crippen molar-refractivity contribution < 1.29 is 4.79 Å². The Hall–Kier alpha value is -1.80. The van der Waals surface area contributed by atoms with Crippen LogP contribution < -0.4 is 11.1 Å². The minimum absolute atomic E-state index is 0.275. The van der Waals surface area contributed by atoms with Crippen molar-refractivity contribution in [3.63, 3.8) is 0 Å². The SMILES string of the molecule is NCCn1cc(C(=O)Nc2nc(C3CC3)cs2)nn1. The standard InChI is InChI=1S/C11H14N6OS/c12-3-4-17-5-8(15-16-17)10(18)14-11-13-9(6-19-11)7-1-2-7/h5-7H,1-4,12H2,(H,13,14,18). The van der Waals surface area contributed by atoms with E-state index in [1.54, 1.807) is 10.9 Å². The molecule has 3 rings (SSSR count). The number of hydrogen-bond donors (Lipinski definition) is 2. The fourth-order valence-electron chi connectivity index (χ4n) is 1.72. The van der Waals surface area contributed by atoms with Crippen LogP contribution in [0.25, 0.3) is 0 Å². The van der Waals surface area contributed by atoms with Crippen molar-refractivity contribution >= 4 is 22.4 Å². The van der Waals surface area contributed by atoms with Gasteiger partial charge in [0.05, 0.1) is 18.4 Å². The third kappa shape index (κ3) is 2.79. The highest BCUT2D eigenvalue weighted by Gasteiger charge is 2.26. The summed E-state index contributed by atoms with van der Waals surface area (Å²) in [5.41, 5.74) is 6.76. The topological polar surface area (TPSA) is 98.7 Å². The van der Waals surface area contributed by atoms with E-state index in [4.69, 9.17) is 5.73 Å². The molecule has 7 nitrogen and oxygen atoms in total. The Morgan fingerprint density at radius 3 is 3.16 bits per heavy atom. The lowest BCUT2D eigenvalue weighted by molar-refractivity contribution is 0.102. The quantitative estimate of drug-likeness (QED) is 0.843. The first-order chi connectivity index (χ1) is 9.26. The van der Waals surface area contributed by atoms with Crippen LogP contribution in [0.15, 0.2) is 11.6 Å². The van der Waals surface area contributed by atoms with Gasteiger partial charge in [-0.05, 0) is 12.8 Å². The third-order valence-electron chi connectivity index (χ3n) is 2.87. The number of thiazole rings is 1. The zero-order chi connectivity index (χ0) is 13.2. The van der Waals surface area contributed by atoms with Crippen molar-refractivity contribution in [1.29, 1.82) is 0 Å². The molecule has 1 fully saturated rings. The van der Waals surface area contributed by atoms with Crippen LogP contribution in [0, 0.1) is 0 Å². The summed E-state index contributed by atoms with van der Waals surface area (Å²) in [7, 11) is 0. The molecular formula is C11H14N6OS. The summed E-state index contributed by atoms with van der Waals surface area (Å²) in [6, 6.07) is 0. The van der Waals surface area contributed by atoms with Crippen molar-refractivity contribution in [3.8, 4) is 0 Å². The van der Waals surface area contributed by atoms with Crippen LogP contribution in [-0.2, 0) is 6.54 Å². The van der Waals surface area contributed by atoms with E-state index in [2.05, 4.69) is 20.6 Å². The molecule has 0 radical (unpaired) electrons. The second-order valence-corrected chi connectivity index (χ2v) is 5.32. The van der Waals surface area contributed by atoms with Gasteiger partial charge in [-0.15, -0.1) is 16.4 Å². The second kappa shape index (κ2) is 5.06. The monoisotopic (exact) mass is 278 g/mol. The Labute approximate surface area is 113 Å². The van der Waals surface area contributed by atoms with E-state index in [9.17, 15) is 4.79 Å². The predicted octanol–water partition coefficient (Wildman–Crippen LogP) is 0.823. The Morgan fingerprint density at radius 1 is 1.58 bits per heavy atom. The van der Waals surface area contributed by atoms with E-state index in [-0.39, 0.29) is 11.6 Å². The van der Waals surface area contributed by atoms with Crippen molar-refractivity contribution in [2.45, 2.75) is 25.3 Å². The maximum atomic E-state index is 11.9. The summed E-state index contributed by atoms with van der Waals surface area (Å²) in [4.78, 5) is 16.3. The van der Waals surface area contributed by atoms with Gasteiger partial charge in [-0.3, -0.25) is 14.8 Å². The fourth-order valence-corrected chi connectivity index (χ4v) is 2.50. The molecule has 100 valence electrons. The van der Waals surface area contributed by atoms with Gasteiger partial charge in [-0.2, -0.15) is 0 Å². The molecule has 0 atom stereocenters. The number of hydrogen-bond acceptors (Lipinski definition) is 6. The van der Waals surface area contributed by atoms with E-state index >= 15 is 0 Å². The first-order valence-corrected chi connectivity index (χ1v) is 7.01. The maximum Gasteiger partial charge on any atom is 0.279 e. The molecule has 8 heteroatoms. The number of nitrogens with one attached hydrogen (secondary N) is 1. The first-order valence-electron chi connectivity index (χ1n) is 6.13. The number of carbonyl (C=O) groups is 1. The summed E-state index contributed by atoms with van der Waals surface area (Å²) < 4.78 is 1.55. The molecule has 2 heterocycles. The maximum absolute atomic E-state index is 11.9. The highest BCUT2D eigenvalue weighted by molar-refractivity contribution is 7.14. The molecule has 1 aliphatic rings. The van der Waals surface area contributed by atoms with E-state index in [1.165, 1.54) is 24.2 Å². The van der Waals surface area contributed by atoms with Crippen LogP contribution in [0.1, 0.15) is 34.9 Å². The number of anilines is 1. The molecule has 2 aromatic rings. The normalized spacial score (nSPS) is 14.6. The van der Waals surface area contributed by atoms with Crippen LogP contribution in [0.4, 0.5) is 5.13 Å². The summed E-state index contributed by atoms with van der Waals surface area (Å²) in [5.74, 6) is 0.298. The van der Waals surface area contributed by atoms with Gasteiger partial charge < -0.3 is 5.73 Å². The lowest BCUT2D eigenvalue weighted by Gasteiger charge is -1.97.